The van der Waals surface area contributed by atoms with Crippen molar-refractivity contribution in [3.8, 4) is 0 Å². The summed E-state index contributed by atoms with van der Waals surface area (Å²) < 4.78 is 6.77. The number of carbonyl (C=O) groups excluding carboxylic acids is 2. The lowest BCUT2D eigenvalue weighted by atomic mass is 10.0. The zero-order valence-electron chi connectivity index (χ0n) is 14.9. The van der Waals surface area contributed by atoms with Gasteiger partial charge in [-0.2, -0.15) is 0 Å². The number of anilines is 1. The van der Waals surface area contributed by atoms with Crippen LogP contribution >= 0.6 is 0 Å². The molecule has 0 aliphatic carbocycles. The molecule has 0 fully saturated rings. The van der Waals surface area contributed by atoms with Crippen LogP contribution < -0.4 is 5.32 Å². The zero-order valence-corrected chi connectivity index (χ0v) is 14.9. The van der Waals surface area contributed by atoms with Crippen molar-refractivity contribution in [3.63, 3.8) is 0 Å². The number of nitrogens with one attached hydrogen (secondary N) is 1. The maximum atomic E-state index is 12.1. The first kappa shape index (κ1) is 17.6. The van der Waals surface area contributed by atoms with Crippen LogP contribution in [0.4, 0.5) is 5.69 Å². The molecule has 3 rings (SSSR count). The Balaban J connectivity index is 1.57. The Bertz CT molecular complexity index is 945. The van der Waals surface area contributed by atoms with Crippen LogP contribution in [0.25, 0.3) is 5.65 Å². The lowest BCUT2D eigenvalue weighted by Crippen LogP contribution is -2.21. The molecule has 0 spiro atoms. The molecular weight excluding hydrogens is 332 g/mol. The Labute approximate surface area is 151 Å². The summed E-state index contributed by atoms with van der Waals surface area (Å²) in [7, 11) is 0. The van der Waals surface area contributed by atoms with E-state index in [1.54, 1.807) is 29.7 Å². The highest BCUT2D eigenvalue weighted by Crippen LogP contribution is 2.17. The first-order valence-corrected chi connectivity index (χ1v) is 8.32. The number of aryl methyl sites for hydroxylation is 1. The average molecular weight is 352 g/mol. The Kier molecular flexibility index (Phi) is 4.97. The molecule has 2 heterocycles. The number of fused-ring (bicyclic) bond motifs is 1. The third kappa shape index (κ3) is 3.88. The Morgan fingerprint density at radius 2 is 1.85 bits per heavy atom. The number of esters is 1. The number of benzene rings is 1. The van der Waals surface area contributed by atoms with Crippen molar-refractivity contribution in [3.05, 3.63) is 59.5 Å². The second kappa shape index (κ2) is 7.35. The van der Waals surface area contributed by atoms with Crippen molar-refractivity contribution in [2.75, 3.05) is 11.9 Å². The number of nitrogens with zero attached hydrogens (tertiary/aromatic N) is 3. The predicted molar refractivity (Wildman–Crippen MR) is 97.2 cm³/mol. The molecule has 7 nitrogen and oxygen atoms in total. The number of aromatic nitrogens is 3. The fraction of sp³-hybridized carbons (Fsp3) is 0.263. The minimum atomic E-state index is -0.578. The summed E-state index contributed by atoms with van der Waals surface area (Å²) in [5.74, 6) is 0.118. The summed E-state index contributed by atoms with van der Waals surface area (Å²) in [6.45, 7) is 5.63. The average Bonchev–Trinajstić information content (AvgIpc) is 3.00. The molecule has 0 aliphatic rings. The highest BCUT2D eigenvalue weighted by Gasteiger charge is 2.12. The summed E-state index contributed by atoms with van der Waals surface area (Å²) >= 11 is 0. The molecule has 0 aliphatic heterocycles. The molecule has 7 heteroatoms. The molecule has 0 saturated carbocycles. The first-order valence-electron chi connectivity index (χ1n) is 8.32. The molecule has 1 amide bonds. The first-order chi connectivity index (χ1) is 12.4. The second-order valence-electron chi connectivity index (χ2n) is 6.29. The molecule has 2 aromatic heterocycles. The van der Waals surface area contributed by atoms with Gasteiger partial charge in [0.05, 0.1) is 5.56 Å². The van der Waals surface area contributed by atoms with Crippen LogP contribution in [-0.2, 0) is 9.53 Å². The van der Waals surface area contributed by atoms with Crippen molar-refractivity contribution in [2.24, 2.45) is 0 Å². The molecule has 0 radical (unpaired) electrons. The van der Waals surface area contributed by atoms with E-state index in [4.69, 9.17) is 4.74 Å². The van der Waals surface area contributed by atoms with Gasteiger partial charge < -0.3 is 10.1 Å². The van der Waals surface area contributed by atoms with E-state index < -0.39 is 11.9 Å². The topological polar surface area (TPSA) is 85.6 Å². The summed E-state index contributed by atoms with van der Waals surface area (Å²) in [5, 5.41) is 10.6. The van der Waals surface area contributed by atoms with Gasteiger partial charge in [-0.25, -0.2) is 4.79 Å². The van der Waals surface area contributed by atoms with Gasteiger partial charge >= 0.3 is 5.97 Å². The molecule has 26 heavy (non-hydrogen) atoms. The number of hydrogen-bond donors (Lipinski definition) is 1. The van der Waals surface area contributed by atoms with E-state index in [0.29, 0.717) is 28.6 Å². The molecule has 134 valence electrons. The van der Waals surface area contributed by atoms with Gasteiger partial charge in [-0.1, -0.05) is 26.0 Å². The van der Waals surface area contributed by atoms with Crippen molar-refractivity contribution in [1.82, 2.24) is 14.6 Å². The summed E-state index contributed by atoms with van der Waals surface area (Å²) in [4.78, 5) is 24.1. The van der Waals surface area contributed by atoms with Gasteiger partial charge in [-0.15, -0.1) is 10.2 Å². The fourth-order valence-corrected chi connectivity index (χ4v) is 2.49. The highest BCUT2D eigenvalue weighted by molar-refractivity contribution is 5.95. The van der Waals surface area contributed by atoms with Crippen LogP contribution in [0, 0.1) is 6.92 Å². The van der Waals surface area contributed by atoms with Crippen molar-refractivity contribution < 1.29 is 14.3 Å². The molecular formula is C19H20N4O3. The number of ether oxygens (including phenoxy) is 1. The van der Waals surface area contributed by atoms with Gasteiger partial charge in [0, 0.05) is 11.9 Å². The maximum absolute atomic E-state index is 12.1. The van der Waals surface area contributed by atoms with Crippen LogP contribution in [0.2, 0.25) is 0 Å². The predicted octanol–water partition coefficient (Wildman–Crippen LogP) is 2.96. The maximum Gasteiger partial charge on any atom is 0.340 e. The van der Waals surface area contributed by atoms with E-state index >= 15 is 0 Å². The number of pyridine rings is 1. The normalized spacial score (nSPS) is 10.9. The lowest BCUT2D eigenvalue weighted by molar-refractivity contribution is -0.119. The highest BCUT2D eigenvalue weighted by atomic mass is 16.5. The van der Waals surface area contributed by atoms with Crippen LogP contribution in [0.3, 0.4) is 0 Å². The number of hydrogen-bond acceptors (Lipinski definition) is 5. The van der Waals surface area contributed by atoms with Crippen molar-refractivity contribution >= 4 is 23.2 Å². The molecule has 1 N–H and O–H groups in total. The number of amides is 1. The third-order valence-corrected chi connectivity index (χ3v) is 4.00. The van der Waals surface area contributed by atoms with E-state index in [2.05, 4.69) is 29.4 Å². The van der Waals surface area contributed by atoms with Crippen molar-refractivity contribution in [1.29, 1.82) is 0 Å². The van der Waals surface area contributed by atoms with Gasteiger partial charge in [0.1, 0.15) is 5.82 Å². The van der Waals surface area contributed by atoms with E-state index in [-0.39, 0.29) is 6.61 Å². The molecule has 0 saturated heterocycles. The van der Waals surface area contributed by atoms with Gasteiger partial charge in [-0.3, -0.25) is 9.20 Å². The molecule has 0 bridgehead atoms. The van der Waals surface area contributed by atoms with Crippen LogP contribution in [-0.4, -0.2) is 33.1 Å². The van der Waals surface area contributed by atoms with Gasteiger partial charge in [-0.05, 0) is 42.7 Å². The van der Waals surface area contributed by atoms with E-state index in [1.807, 2.05) is 24.3 Å². The van der Waals surface area contributed by atoms with Crippen LogP contribution in [0.15, 0.2) is 42.6 Å². The quantitative estimate of drug-likeness (QED) is 0.714. The zero-order chi connectivity index (χ0) is 18.7. The Morgan fingerprint density at radius 1 is 1.12 bits per heavy atom. The van der Waals surface area contributed by atoms with Crippen LogP contribution in [0.1, 0.15) is 41.5 Å². The summed E-state index contributed by atoms with van der Waals surface area (Å²) in [5.41, 5.74) is 2.82. The van der Waals surface area contributed by atoms with Crippen LogP contribution in [0.5, 0.6) is 0 Å². The lowest BCUT2D eigenvalue weighted by Gasteiger charge is -2.09. The number of carbonyl (C=O) groups is 2. The third-order valence-electron chi connectivity index (χ3n) is 4.00. The Hall–Kier alpha value is -3.22. The van der Waals surface area contributed by atoms with Gasteiger partial charge in [0.25, 0.3) is 5.91 Å². The SMILES string of the molecule is Cc1nnc2ccc(C(=O)OCC(=O)Nc3ccc(C(C)C)cc3)cn12. The minimum Gasteiger partial charge on any atom is -0.452 e. The minimum absolute atomic E-state index is 0.328. The summed E-state index contributed by atoms with van der Waals surface area (Å²) in [6.07, 6.45) is 1.59. The fourth-order valence-electron chi connectivity index (χ4n) is 2.49. The largest absolute Gasteiger partial charge is 0.452 e. The Morgan fingerprint density at radius 3 is 2.54 bits per heavy atom. The van der Waals surface area contributed by atoms with Crippen molar-refractivity contribution in [2.45, 2.75) is 26.7 Å². The van der Waals surface area contributed by atoms with E-state index in [9.17, 15) is 9.59 Å². The van der Waals surface area contributed by atoms with Gasteiger partial charge in [0.15, 0.2) is 12.3 Å². The second-order valence-corrected chi connectivity index (χ2v) is 6.29. The summed E-state index contributed by atoms with van der Waals surface area (Å²) in [6, 6.07) is 10.9. The monoisotopic (exact) mass is 352 g/mol. The molecule has 3 aromatic rings. The smallest absolute Gasteiger partial charge is 0.340 e. The number of rotatable bonds is 5. The van der Waals surface area contributed by atoms with Gasteiger partial charge in [0.2, 0.25) is 0 Å². The molecule has 0 unspecified atom stereocenters. The molecule has 0 atom stereocenters. The van der Waals surface area contributed by atoms with E-state index in [1.165, 1.54) is 5.56 Å². The molecule has 1 aromatic carbocycles. The van der Waals surface area contributed by atoms with E-state index in [0.717, 1.165) is 0 Å². The standard InChI is InChI=1S/C19H20N4O3/c1-12(2)14-4-7-16(8-5-14)20-18(24)11-26-19(25)15-6-9-17-22-21-13(3)23(17)10-15/h4-10,12H,11H2,1-3H3,(H,20,24).